The number of hydrogen-bond donors (Lipinski definition) is 1. The van der Waals surface area contributed by atoms with Gasteiger partial charge in [-0.05, 0) is 68.7 Å². The highest BCUT2D eigenvalue weighted by Gasteiger charge is 2.50. The minimum Gasteiger partial charge on any atom is -0.330 e. The molecule has 0 saturated heterocycles. The zero-order valence-corrected chi connectivity index (χ0v) is 12.5. The van der Waals surface area contributed by atoms with Gasteiger partial charge in [0.15, 0.2) is 0 Å². The van der Waals surface area contributed by atoms with Crippen molar-refractivity contribution in [3.63, 3.8) is 0 Å². The van der Waals surface area contributed by atoms with Gasteiger partial charge in [-0.3, -0.25) is 0 Å². The van der Waals surface area contributed by atoms with E-state index in [-0.39, 0.29) is 0 Å². The molecule has 4 aliphatic carbocycles. The minimum absolute atomic E-state index is 0.687. The highest BCUT2D eigenvalue weighted by atomic mass is 15.3. The van der Waals surface area contributed by atoms with Crippen LogP contribution in [-0.2, 0) is 13.5 Å². The Morgan fingerprint density at radius 2 is 1.70 bits per heavy atom. The summed E-state index contributed by atoms with van der Waals surface area (Å²) in [5.41, 5.74) is 5.61. The molecule has 4 fully saturated rings. The quantitative estimate of drug-likeness (QED) is 0.916. The Kier molecular flexibility index (Phi) is 3.09. The smallest absolute Gasteiger partial charge is 0.136 e. The molecular formula is C16H26N4. The summed E-state index contributed by atoms with van der Waals surface area (Å²) in [4.78, 5) is 0. The van der Waals surface area contributed by atoms with Crippen molar-refractivity contribution in [1.82, 2.24) is 14.8 Å². The molecule has 4 bridgehead atoms. The van der Waals surface area contributed by atoms with Crippen molar-refractivity contribution in [3.05, 3.63) is 11.6 Å². The summed E-state index contributed by atoms with van der Waals surface area (Å²) in [7, 11) is 2.16. The molecule has 0 aliphatic heterocycles. The van der Waals surface area contributed by atoms with Gasteiger partial charge in [-0.15, -0.1) is 10.2 Å². The van der Waals surface area contributed by atoms with E-state index in [0.717, 1.165) is 48.9 Å². The van der Waals surface area contributed by atoms with Crippen LogP contribution in [0.3, 0.4) is 0 Å². The van der Waals surface area contributed by atoms with Gasteiger partial charge in [0.1, 0.15) is 11.6 Å². The molecule has 1 aromatic rings. The first-order valence-electron chi connectivity index (χ1n) is 8.34. The highest BCUT2D eigenvalue weighted by Crippen LogP contribution is 2.59. The fourth-order valence-corrected chi connectivity index (χ4v) is 5.49. The zero-order valence-electron chi connectivity index (χ0n) is 12.5. The Morgan fingerprint density at radius 1 is 1.05 bits per heavy atom. The van der Waals surface area contributed by atoms with E-state index in [2.05, 4.69) is 21.8 Å². The molecule has 20 heavy (non-hydrogen) atoms. The molecule has 0 atom stereocenters. The average Bonchev–Trinajstić information content (AvgIpc) is 2.77. The molecule has 0 unspecified atom stereocenters. The van der Waals surface area contributed by atoms with Crippen molar-refractivity contribution in [2.24, 2.45) is 36.5 Å². The highest BCUT2D eigenvalue weighted by molar-refractivity contribution is 5.12. The molecule has 4 heteroatoms. The Bertz CT molecular complexity index is 465. The largest absolute Gasteiger partial charge is 0.330 e. The maximum Gasteiger partial charge on any atom is 0.136 e. The summed E-state index contributed by atoms with van der Waals surface area (Å²) in [5.74, 6) is 6.90. The number of aryl methyl sites for hydroxylation is 1. The van der Waals surface area contributed by atoms with Crippen molar-refractivity contribution in [3.8, 4) is 0 Å². The summed E-state index contributed by atoms with van der Waals surface area (Å²) >= 11 is 0. The maximum absolute atomic E-state index is 5.61. The van der Waals surface area contributed by atoms with Gasteiger partial charge in [0.2, 0.25) is 0 Å². The molecule has 5 rings (SSSR count). The fraction of sp³-hybridized carbons (Fsp3) is 0.875. The molecule has 4 aliphatic rings. The van der Waals surface area contributed by atoms with Gasteiger partial charge in [0, 0.05) is 19.4 Å². The van der Waals surface area contributed by atoms with E-state index in [0.29, 0.717) is 5.92 Å². The van der Waals surface area contributed by atoms with E-state index in [1.807, 2.05) is 0 Å². The van der Waals surface area contributed by atoms with Gasteiger partial charge in [0.05, 0.1) is 0 Å². The van der Waals surface area contributed by atoms with Crippen molar-refractivity contribution in [1.29, 1.82) is 0 Å². The van der Waals surface area contributed by atoms with Gasteiger partial charge >= 0.3 is 0 Å². The molecule has 1 heterocycles. The van der Waals surface area contributed by atoms with E-state index in [1.54, 1.807) is 0 Å². The molecule has 0 aromatic carbocycles. The monoisotopic (exact) mass is 274 g/mol. The second-order valence-corrected chi connectivity index (χ2v) is 7.38. The van der Waals surface area contributed by atoms with Crippen molar-refractivity contribution in [2.45, 2.75) is 50.9 Å². The fourth-order valence-electron chi connectivity index (χ4n) is 5.49. The number of nitrogens with two attached hydrogens (primary N) is 1. The van der Waals surface area contributed by atoms with Crippen molar-refractivity contribution < 1.29 is 0 Å². The SMILES string of the molecule is Cn1c(CCCN)nnc1C1C2CC3CC(C2)CC1C3. The summed E-state index contributed by atoms with van der Waals surface area (Å²) in [6.45, 7) is 0.736. The van der Waals surface area contributed by atoms with Crippen LogP contribution in [0, 0.1) is 23.7 Å². The van der Waals surface area contributed by atoms with Crippen LogP contribution >= 0.6 is 0 Å². The average molecular weight is 274 g/mol. The van der Waals surface area contributed by atoms with E-state index < -0.39 is 0 Å². The molecular weight excluding hydrogens is 248 g/mol. The van der Waals surface area contributed by atoms with Crippen LogP contribution in [-0.4, -0.2) is 21.3 Å². The van der Waals surface area contributed by atoms with E-state index >= 15 is 0 Å². The van der Waals surface area contributed by atoms with Crippen LogP contribution in [0.25, 0.3) is 0 Å². The normalized spacial score (nSPS) is 38.6. The van der Waals surface area contributed by atoms with Crippen molar-refractivity contribution in [2.75, 3.05) is 6.54 Å². The van der Waals surface area contributed by atoms with Crippen LogP contribution < -0.4 is 5.73 Å². The molecule has 0 amide bonds. The lowest BCUT2D eigenvalue weighted by atomic mass is 9.51. The Labute approximate surface area is 121 Å². The molecule has 0 spiro atoms. The van der Waals surface area contributed by atoms with Crippen LogP contribution in [0.5, 0.6) is 0 Å². The third-order valence-corrected chi connectivity index (χ3v) is 6.13. The zero-order chi connectivity index (χ0) is 13.7. The standard InChI is InChI=1S/C16H26N4/c1-20-14(3-2-4-17)18-19-16(20)15-12-6-10-5-11(8-12)9-13(15)7-10/h10-13,15H,2-9,17H2,1H3. The van der Waals surface area contributed by atoms with Gasteiger partial charge in [-0.1, -0.05) is 0 Å². The predicted octanol–water partition coefficient (Wildman–Crippen LogP) is 2.25. The van der Waals surface area contributed by atoms with Gasteiger partial charge in [0.25, 0.3) is 0 Å². The molecule has 1 aromatic heterocycles. The summed E-state index contributed by atoms with van der Waals surface area (Å²) in [6.07, 6.45) is 9.28. The number of hydrogen-bond acceptors (Lipinski definition) is 3. The van der Waals surface area contributed by atoms with Crippen LogP contribution in [0.4, 0.5) is 0 Å². The predicted molar refractivity (Wildman–Crippen MR) is 78.2 cm³/mol. The van der Waals surface area contributed by atoms with Crippen LogP contribution in [0.2, 0.25) is 0 Å². The Balaban J connectivity index is 1.60. The number of aromatic nitrogens is 3. The lowest BCUT2D eigenvalue weighted by molar-refractivity contribution is -0.00665. The second kappa shape index (κ2) is 4.83. The minimum atomic E-state index is 0.687. The molecule has 4 nitrogen and oxygen atoms in total. The third-order valence-electron chi connectivity index (χ3n) is 6.13. The lowest BCUT2D eigenvalue weighted by Crippen LogP contribution is -2.44. The third kappa shape index (κ3) is 1.92. The first-order chi connectivity index (χ1) is 9.76. The maximum atomic E-state index is 5.61. The van der Waals surface area contributed by atoms with E-state index in [4.69, 9.17) is 5.73 Å². The Hall–Kier alpha value is -0.900. The van der Waals surface area contributed by atoms with Gasteiger partial charge < -0.3 is 10.3 Å². The second-order valence-electron chi connectivity index (χ2n) is 7.38. The topological polar surface area (TPSA) is 56.7 Å². The molecule has 2 N–H and O–H groups in total. The van der Waals surface area contributed by atoms with Crippen molar-refractivity contribution >= 4 is 0 Å². The number of nitrogens with zero attached hydrogens (tertiary/aromatic N) is 3. The summed E-state index contributed by atoms with van der Waals surface area (Å²) < 4.78 is 2.28. The lowest BCUT2D eigenvalue weighted by Gasteiger charge is -2.53. The van der Waals surface area contributed by atoms with Crippen LogP contribution in [0.15, 0.2) is 0 Å². The summed E-state index contributed by atoms with van der Waals surface area (Å²) in [6, 6.07) is 0. The van der Waals surface area contributed by atoms with E-state index in [1.165, 1.54) is 37.9 Å². The van der Waals surface area contributed by atoms with Crippen LogP contribution in [0.1, 0.15) is 56.1 Å². The van der Waals surface area contributed by atoms with Gasteiger partial charge in [-0.25, -0.2) is 0 Å². The number of rotatable bonds is 4. The molecule has 110 valence electrons. The van der Waals surface area contributed by atoms with Gasteiger partial charge in [-0.2, -0.15) is 0 Å². The molecule has 0 radical (unpaired) electrons. The summed E-state index contributed by atoms with van der Waals surface area (Å²) in [5, 5.41) is 9.03. The molecule has 4 saturated carbocycles. The van der Waals surface area contributed by atoms with E-state index in [9.17, 15) is 0 Å². The Morgan fingerprint density at radius 3 is 2.30 bits per heavy atom. The first-order valence-corrected chi connectivity index (χ1v) is 8.34. The first kappa shape index (κ1) is 12.8.